The quantitative estimate of drug-likeness (QED) is 0.786. The summed E-state index contributed by atoms with van der Waals surface area (Å²) in [5, 5.41) is 0. The van der Waals surface area contributed by atoms with E-state index in [2.05, 4.69) is 57.5 Å². The number of fused-ring (bicyclic) bond motifs is 1. The SMILES string of the molecule is CCC(C)(C)c1cccc2sc(SNC(C)C)nc12. The Morgan fingerprint density at radius 3 is 2.74 bits per heavy atom. The summed E-state index contributed by atoms with van der Waals surface area (Å²) in [7, 11) is 0. The highest BCUT2D eigenvalue weighted by Gasteiger charge is 2.22. The molecule has 0 aliphatic heterocycles. The van der Waals surface area contributed by atoms with Crippen LogP contribution < -0.4 is 4.72 Å². The fourth-order valence-corrected chi connectivity index (χ4v) is 3.65. The summed E-state index contributed by atoms with van der Waals surface area (Å²) in [6, 6.07) is 7.00. The van der Waals surface area contributed by atoms with E-state index >= 15 is 0 Å². The molecule has 0 saturated heterocycles. The number of nitrogens with zero attached hydrogens (tertiary/aromatic N) is 1. The first-order valence-corrected chi connectivity index (χ1v) is 8.39. The summed E-state index contributed by atoms with van der Waals surface area (Å²) in [6.07, 6.45) is 1.12. The van der Waals surface area contributed by atoms with Gasteiger partial charge in [0.2, 0.25) is 0 Å². The summed E-state index contributed by atoms with van der Waals surface area (Å²) in [5.74, 6) is 0. The summed E-state index contributed by atoms with van der Waals surface area (Å²) in [4.78, 5) is 4.82. The van der Waals surface area contributed by atoms with Crippen LogP contribution in [0.25, 0.3) is 10.2 Å². The predicted molar refractivity (Wildman–Crippen MR) is 87.1 cm³/mol. The molecule has 0 atom stereocenters. The molecule has 0 aliphatic carbocycles. The summed E-state index contributed by atoms with van der Waals surface area (Å²) < 4.78 is 5.74. The van der Waals surface area contributed by atoms with E-state index in [0.29, 0.717) is 6.04 Å². The van der Waals surface area contributed by atoms with Gasteiger partial charge in [0.25, 0.3) is 0 Å². The molecule has 0 amide bonds. The van der Waals surface area contributed by atoms with E-state index in [1.165, 1.54) is 15.8 Å². The molecule has 104 valence electrons. The van der Waals surface area contributed by atoms with Gasteiger partial charge < -0.3 is 0 Å². The topological polar surface area (TPSA) is 24.9 Å². The highest BCUT2D eigenvalue weighted by molar-refractivity contribution is 7.99. The molecule has 2 nitrogen and oxygen atoms in total. The van der Waals surface area contributed by atoms with Crippen LogP contribution in [0.4, 0.5) is 0 Å². The second kappa shape index (κ2) is 5.81. The number of para-hydroxylation sites is 1. The summed E-state index contributed by atoms with van der Waals surface area (Å²) >= 11 is 3.41. The van der Waals surface area contributed by atoms with E-state index in [9.17, 15) is 0 Å². The van der Waals surface area contributed by atoms with Crippen LogP contribution in [0.15, 0.2) is 22.5 Å². The van der Waals surface area contributed by atoms with Crippen LogP contribution in [0.2, 0.25) is 0 Å². The molecule has 0 radical (unpaired) electrons. The molecule has 4 heteroatoms. The third kappa shape index (κ3) is 3.30. The zero-order valence-corrected chi connectivity index (χ0v) is 13.9. The average molecular weight is 294 g/mol. The van der Waals surface area contributed by atoms with Crippen molar-refractivity contribution in [2.45, 2.75) is 56.8 Å². The highest BCUT2D eigenvalue weighted by atomic mass is 32.2. The molecule has 0 spiro atoms. The smallest absolute Gasteiger partial charge is 0.166 e. The Hall–Kier alpha value is -0.580. The normalized spacial score (nSPS) is 12.5. The van der Waals surface area contributed by atoms with Crippen molar-refractivity contribution >= 4 is 33.5 Å². The zero-order valence-electron chi connectivity index (χ0n) is 12.3. The van der Waals surface area contributed by atoms with E-state index in [0.717, 1.165) is 10.8 Å². The van der Waals surface area contributed by atoms with Crippen molar-refractivity contribution in [3.63, 3.8) is 0 Å². The lowest BCUT2D eigenvalue weighted by Gasteiger charge is -2.23. The van der Waals surface area contributed by atoms with Gasteiger partial charge in [0.05, 0.1) is 10.2 Å². The minimum Gasteiger partial charge on any atom is -0.255 e. The average Bonchev–Trinajstić information content (AvgIpc) is 2.78. The molecule has 0 unspecified atom stereocenters. The molecule has 0 saturated carbocycles. The first-order valence-electron chi connectivity index (χ1n) is 6.76. The van der Waals surface area contributed by atoms with Crippen molar-refractivity contribution in [1.29, 1.82) is 0 Å². The first-order chi connectivity index (χ1) is 8.94. The van der Waals surface area contributed by atoms with Crippen molar-refractivity contribution in [3.8, 4) is 0 Å². The molecule has 1 aromatic heterocycles. The van der Waals surface area contributed by atoms with E-state index in [-0.39, 0.29) is 5.41 Å². The maximum atomic E-state index is 4.82. The molecule has 2 rings (SSSR count). The lowest BCUT2D eigenvalue weighted by Crippen LogP contribution is -2.16. The van der Waals surface area contributed by atoms with Gasteiger partial charge in [-0.05, 0) is 49.3 Å². The molecule has 1 heterocycles. The van der Waals surface area contributed by atoms with Crippen molar-refractivity contribution in [2.75, 3.05) is 0 Å². The minimum atomic E-state index is 0.182. The van der Waals surface area contributed by atoms with E-state index in [4.69, 9.17) is 4.98 Å². The Morgan fingerprint density at radius 1 is 1.37 bits per heavy atom. The van der Waals surface area contributed by atoms with Gasteiger partial charge in [-0.25, -0.2) is 4.98 Å². The lowest BCUT2D eigenvalue weighted by atomic mass is 9.82. The third-order valence-electron chi connectivity index (χ3n) is 3.39. The van der Waals surface area contributed by atoms with Gasteiger partial charge in [0.15, 0.2) is 4.34 Å². The molecule has 2 aromatic rings. The molecule has 19 heavy (non-hydrogen) atoms. The molecule has 1 aromatic carbocycles. The molecular formula is C15H22N2S2. The van der Waals surface area contributed by atoms with Gasteiger partial charge in [-0.3, -0.25) is 4.72 Å². The number of hydrogen-bond donors (Lipinski definition) is 1. The fourth-order valence-electron chi connectivity index (χ4n) is 1.88. The first kappa shape index (κ1) is 14.8. The Kier molecular flexibility index (Phi) is 4.54. The Morgan fingerprint density at radius 2 is 2.11 bits per heavy atom. The molecule has 0 bridgehead atoms. The third-order valence-corrected chi connectivity index (χ3v) is 5.56. The maximum Gasteiger partial charge on any atom is 0.166 e. The Bertz CT molecular complexity index is 558. The van der Waals surface area contributed by atoms with Crippen molar-refractivity contribution < 1.29 is 0 Å². The van der Waals surface area contributed by atoms with Gasteiger partial charge in [-0.1, -0.05) is 32.9 Å². The van der Waals surface area contributed by atoms with Gasteiger partial charge in [0, 0.05) is 6.04 Å². The molecule has 1 N–H and O–H groups in total. The summed E-state index contributed by atoms with van der Waals surface area (Å²) in [5.41, 5.74) is 2.72. The number of benzene rings is 1. The van der Waals surface area contributed by atoms with Crippen molar-refractivity contribution in [2.24, 2.45) is 0 Å². The second-order valence-corrected chi connectivity index (χ2v) is 7.86. The van der Waals surface area contributed by atoms with Gasteiger partial charge in [-0.15, -0.1) is 11.3 Å². The number of aromatic nitrogens is 1. The Balaban J connectivity index is 2.39. The minimum absolute atomic E-state index is 0.182. The standard InChI is InChI=1S/C15H22N2S2/c1-6-15(4,5)11-8-7-9-12-13(11)16-14(18-12)19-17-10(2)3/h7-10,17H,6H2,1-5H3. The number of nitrogens with one attached hydrogen (secondary N) is 1. The fraction of sp³-hybridized carbons (Fsp3) is 0.533. The summed E-state index contributed by atoms with van der Waals surface area (Å²) in [6.45, 7) is 11.1. The highest BCUT2D eigenvalue weighted by Crippen LogP contribution is 2.36. The van der Waals surface area contributed by atoms with E-state index in [1.807, 2.05) is 0 Å². The van der Waals surface area contributed by atoms with Crippen LogP contribution in [0.3, 0.4) is 0 Å². The lowest BCUT2D eigenvalue weighted by molar-refractivity contribution is 0.510. The van der Waals surface area contributed by atoms with Gasteiger partial charge >= 0.3 is 0 Å². The van der Waals surface area contributed by atoms with Crippen LogP contribution in [0.1, 0.15) is 46.6 Å². The number of thiazole rings is 1. The van der Waals surface area contributed by atoms with Crippen LogP contribution in [-0.2, 0) is 5.41 Å². The largest absolute Gasteiger partial charge is 0.255 e. The van der Waals surface area contributed by atoms with Crippen molar-refractivity contribution in [3.05, 3.63) is 23.8 Å². The zero-order chi connectivity index (χ0) is 14.0. The van der Waals surface area contributed by atoms with Crippen LogP contribution in [-0.4, -0.2) is 11.0 Å². The van der Waals surface area contributed by atoms with Gasteiger partial charge in [0.1, 0.15) is 0 Å². The molecular weight excluding hydrogens is 272 g/mol. The molecule has 0 fully saturated rings. The monoisotopic (exact) mass is 294 g/mol. The van der Waals surface area contributed by atoms with Crippen LogP contribution in [0.5, 0.6) is 0 Å². The van der Waals surface area contributed by atoms with Crippen LogP contribution >= 0.6 is 23.3 Å². The van der Waals surface area contributed by atoms with Gasteiger partial charge in [-0.2, -0.15) is 0 Å². The second-order valence-electron chi connectivity index (χ2n) is 5.74. The number of rotatable bonds is 5. The van der Waals surface area contributed by atoms with Crippen molar-refractivity contribution in [1.82, 2.24) is 9.71 Å². The number of hydrogen-bond acceptors (Lipinski definition) is 4. The predicted octanol–water partition coefficient (Wildman–Crippen LogP) is 4.99. The Labute approximate surface area is 124 Å². The molecule has 0 aliphatic rings. The van der Waals surface area contributed by atoms with Crippen LogP contribution in [0, 0.1) is 0 Å². The van der Waals surface area contributed by atoms with E-state index in [1.54, 1.807) is 23.3 Å². The van der Waals surface area contributed by atoms with E-state index < -0.39 is 0 Å². The maximum absolute atomic E-state index is 4.82.